The highest BCUT2D eigenvalue weighted by Crippen LogP contribution is 2.21. The van der Waals surface area contributed by atoms with Crippen LogP contribution in [0, 0.1) is 0 Å². The minimum atomic E-state index is 0.300. The molecule has 0 aromatic heterocycles. The highest BCUT2D eigenvalue weighted by Gasteiger charge is 2.26. The lowest BCUT2D eigenvalue weighted by molar-refractivity contribution is 0.250. The van der Waals surface area contributed by atoms with Gasteiger partial charge in [-0.3, -0.25) is 0 Å². The molecule has 0 aliphatic carbocycles. The van der Waals surface area contributed by atoms with Crippen LogP contribution in [-0.4, -0.2) is 29.0 Å². The third-order valence-electron chi connectivity index (χ3n) is 2.31. The Kier molecular flexibility index (Phi) is 1.46. The first-order valence-electron chi connectivity index (χ1n) is 4.11. The van der Waals surface area contributed by atoms with Crippen LogP contribution in [0.2, 0.25) is 0 Å². The first kappa shape index (κ1) is 7.40. The van der Waals surface area contributed by atoms with Crippen molar-refractivity contribution in [3.8, 4) is 0 Å². The first-order chi connectivity index (χ1) is 5.68. The van der Waals surface area contributed by atoms with Gasteiger partial charge in [0.1, 0.15) is 12.0 Å². The smallest absolute Gasteiger partial charge is 0.143 e. The zero-order valence-corrected chi connectivity index (χ0v) is 7.65. The quantitative estimate of drug-likeness (QED) is 0.537. The van der Waals surface area contributed by atoms with E-state index in [0.29, 0.717) is 6.17 Å². The Morgan fingerprint density at radius 3 is 2.92 bits per heavy atom. The Morgan fingerprint density at radius 2 is 2.17 bits per heavy atom. The maximum Gasteiger partial charge on any atom is 0.143 e. The van der Waals surface area contributed by atoms with Crippen molar-refractivity contribution in [2.75, 3.05) is 7.05 Å². The van der Waals surface area contributed by atoms with E-state index in [-0.39, 0.29) is 0 Å². The van der Waals surface area contributed by atoms with Crippen molar-refractivity contribution >= 4 is 5.84 Å². The summed E-state index contributed by atoms with van der Waals surface area (Å²) in [5, 5.41) is 6.38. The minimum absolute atomic E-state index is 0.300. The molecule has 2 aliphatic rings. The fourth-order valence-corrected chi connectivity index (χ4v) is 1.48. The Morgan fingerprint density at radius 1 is 1.42 bits per heavy atom. The fraction of sp³-hybridized carbons (Fsp3) is 0.444. The fourth-order valence-electron chi connectivity index (χ4n) is 1.48. The van der Waals surface area contributed by atoms with Crippen LogP contribution in [-0.2, 0) is 0 Å². The van der Waals surface area contributed by atoms with E-state index in [0.717, 1.165) is 5.84 Å². The van der Waals surface area contributed by atoms with E-state index in [1.807, 2.05) is 11.9 Å². The summed E-state index contributed by atoms with van der Waals surface area (Å²) in [7, 11) is 2.06. The number of nitrogens with zero attached hydrogens (tertiary/aromatic N) is 3. The van der Waals surface area contributed by atoms with Crippen LogP contribution in [0.25, 0.3) is 0 Å². The largest absolute Gasteiger partial charge is 0.337 e. The van der Waals surface area contributed by atoms with E-state index < -0.39 is 0 Å². The molecule has 12 heavy (non-hydrogen) atoms. The summed E-state index contributed by atoms with van der Waals surface area (Å²) >= 11 is 0. The van der Waals surface area contributed by atoms with Gasteiger partial charge < -0.3 is 4.90 Å². The van der Waals surface area contributed by atoms with Gasteiger partial charge in [0.2, 0.25) is 0 Å². The minimum Gasteiger partial charge on any atom is -0.337 e. The number of hydrogen-bond acceptors (Lipinski definition) is 3. The SMILES string of the molecule is CC1=CN2N=C(C)N(C)C2C=C1. The van der Waals surface area contributed by atoms with Crippen LogP contribution in [0.1, 0.15) is 13.8 Å². The summed E-state index contributed by atoms with van der Waals surface area (Å²) in [6, 6.07) is 0. The molecule has 0 amide bonds. The summed E-state index contributed by atoms with van der Waals surface area (Å²) in [6.45, 7) is 4.10. The van der Waals surface area contributed by atoms with Crippen molar-refractivity contribution < 1.29 is 0 Å². The van der Waals surface area contributed by atoms with Crippen LogP contribution in [0.4, 0.5) is 0 Å². The second kappa shape index (κ2) is 2.37. The van der Waals surface area contributed by atoms with Crippen molar-refractivity contribution in [3.05, 3.63) is 23.9 Å². The number of fused-ring (bicyclic) bond motifs is 1. The topological polar surface area (TPSA) is 18.8 Å². The number of rotatable bonds is 0. The van der Waals surface area contributed by atoms with Crippen molar-refractivity contribution in [3.63, 3.8) is 0 Å². The first-order valence-corrected chi connectivity index (χ1v) is 4.11. The Hall–Kier alpha value is -1.25. The Balaban J connectivity index is 2.31. The van der Waals surface area contributed by atoms with Crippen LogP contribution < -0.4 is 0 Å². The predicted octanol–water partition coefficient (Wildman–Crippen LogP) is 1.37. The van der Waals surface area contributed by atoms with Gasteiger partial charge in [-0.15, -0.1) is 0 Å². The average molecular weight is 163 g/mol. The number of amidine groups is 1. The molecular formula is C9H13N3. The Labute approximate surface area is 72.7 Å². The van der Waals surface area contributed by atoms with E-state index in [1.54, 1.807) is 0 Å². The molecular weight excluding hydrogens is 150 g/mol. The second-order valence-electron chi connectivity index (χ2n) is 3.28. The van der Waals surface area contributed by atoms with Gasteiger partial charge >= 0.3 is 0 Å². The zero-order chi connectivity index (χ0) is 8.72. The number of hydrogen-bond donors (Lipinski definition) is 0. The molecule has 0 spiro atoms. The van der Waals surface area contributed by atoms with E-state index in [1.165, 1.54) is 5.57 Å². The van der Waals surface area contributed by atoms with Crippen LogP contribution in [0.3, 0.4) is 0 Å². The van der Waals surface area contributed by atoms with E-state index in [9.17, 15) is 0 Å². The molecule has 0 saturated carbocycles. The molecule has 0 fully saturated rings. The van der Waals surface area contributed by atoms with E-state index in [4.69, 9.17) is 0 Å². The van der Waals surface area contributed by atoms with Gasteiger partial charge in [0.15, 0.2) is 0 Å². The maximum atomic E-state index is 4.39. The molecule has 2 aliphatic heterocycles. The van der Waals surface area contributed by atoms with Crippen molar-refractivity contribution in [2.45, 2.75) is 20.0 Å². The molecule has 0 bridgehead atoms. The highest BCUT2D eigenvalue weighted by molar-refractivity contribution is 5.81. The predicted molar refractivity (Wildman–Crippen MR) is 49.4 cm³/mol. The van der Waals surface area contributed by atoms with Gasteiger partial charge in [-0.25, -0.2) is 5.01 Å². The average Bonchev–Trinajstić information content (AvgIpc) is 2.28. The molecule has 2 heterocycles. The lowest BCUT2D eigenvalue weighted by Gasteiger charge is -2.26. The molecule has 0 radical (unpaired) electrons. The lowest BCUT2D eigenvalue weighted by atomic mass is 10.2. The molecule has 1 unspecified atom stereocenters. The van der Waals surface area contributed by atoms with Crippen LogP contribution >= 0.6 is 0 Å². The molecule has 64 valence electrons. The van der Waals surface area contributed by atoms with Gasteiger partial charge in [-0.1, -0.05) is 6.08 Å². The van der Waals surface area contributed by atoms with Crippen LogP contribution in [0.5, 0.6) is 0 Å². The zero-order valence-electron chi connectivity index (χ0n) is 7.65. The molecule has 3 heteroatoms. The summed E-state index contributed by atoms with van der Waals surface area (Å²) in [5.74, 6) is 1.07. The monoisotopic (exact) mass is 163 g/mol. The molecule has 1 atom stereocenters. The summed E-state index contributed by atoms with van der Waals surface area (Å²) in [4.78, 5) is 2.15. The number of allylic oxidation sites excluding steroid dienone is 2. The van der Waals surface area contributed by atoms with Gasteiger partial charge in [0.25, 0.3) is 0 Å². The van der Waals surface area contributed by atoms with Gasteiger partial charge in [0, 0.05) is 13.2 Å². The van der Waals surface area contributed by atoms with Gasteiger partial charge in [-0.2, -0.15) is 5.10 Å². The molecule has 2 rings (SSSR count). The summed E-state index contributed by atoms with van der Waals surface area (Å²) in [6.07, 6.45) is 6.66. The number of likely N-dealkylation sites (N-methyl/N-ethyl adjacent to an activating group) is 1. The normalized spacial score (nSPS) is 27.1. The molecule has 0 aromatic carbocycles. The van der Waals surface area contributed by atoms with E-state index in [2.05, 4.69) is 42.3 Å². The van der Waals surface area contributed by atoms with Crippen molar-refractivity contribution in [2.24, 2.45) is 5.10 Å². The lowest BCUT2D eigenvalue weighted by Crippen LogP contribution is -2.36. The summed E-state index contributed by atoms with van der Waals surface area (Å²) < 4.78 is 0. The van der Waals surface area contributed by atoms with E-state index >= 15 is 0 Å². The molecule has 3 nitrogen and oxygen atoms in total. The Bertz CT molecular complexity index is 288. The molecule has 0 saturated heterocycles. The molecule has 0 aromatic rings. The highest BCUT2D eigenvalue weighted by atomic mass is 15.6. The van der Waals surface area contributed by atoms with Gasteiger partial charge in [-0.05, 0) is 25.5 Å². The summed E-state index contributed by atoms with van der Waals surface area (Å²) in [5.41, 5.74) is 1.25. The second-order valence-corrected chi connectivity index (χ2v) is 3.28. The standard InChI is InChI=1S/C9H13N3/c1-7-4-5-9-11(3)8(2)10-12(9)6-7/h4-6,9H,1-3H3. The number of hydrazone groups is 1. The van der Waals surface area contributed by atoms with Gasteiger partial charge in [0.05, 0.1) is 0 Å². The third-order valence-corrected chi connectivity index (χ3v) is 2.31. The maximum absolute atomic E-state index is 4.39. The molecule has 0 N–H and O–H groups in total. The van der Waals surface area contributed by atoms with Crippen LogP contribution in [0.15, 0.2) is 29.0 Å². The third kappa shape index (κ3) is 0.932. The van der Waals surface area contributed by atoms with Crippen molar-refractivity contribution in [1.82, 2.24) is 9.91 Å². The van der Waals surface area contributed by atoms with Crippen molar-refractivity contribution in [1.29, 1.82) is 0 Å².